The van der Waals surface area contributed by atoms with Crippen LogP contribution < -0.4 is 10.1 Å². The highest BCUT2D eigenvalue weighted by molar-refractivity contribution is 6.30. The molecule has 2 aromatic carbocycles. The first kappa shape index (κ1) is 20.3. The number of aryl methyl sites for hydroxylation is 1. The van der Waals surface area contributed by atoms with Crippen molar-refractivity contribution >= 4 is 35.1 Å². The van der Waals surface area contributed by atoms with Gasteiger partial charge in [-0.15, -0.1) is 0 Å². The van der Waals surface area contributed by atoms with Gasteiger partial charge in [0.05, 0.1) is 31.0 Å². The van der Waals surface area contributed by atoms with Crippen molar-refractivity contribution < 1.29 is 28.6 Å². The Kier molecular flexibility index (Phi) is 6.79. The number of esters is 2. The van der Waals surface area contributed by atoms with Crippen LogP contribution in [0.4, 0.5) is 5.69 Å². The maximum atomic E-state index is 12.2. The number of nitrogens with one attached hydrogen (secondary N) is 1. The van der Waals surface area contributed by atoms with Crippen molar-refractivity contribution in [2.24, 2.45) is 0 Å². The van der Waals surface area contributed by atoms with Crippen molar-refractivity contribution in [3.8, 4) is 5.75 Å². The molecule has 0 spiro atoms. The van der Waals surface area contributed by atoms with Gasteiger partial charge in [0.15, 0.2) is 6.61 Å². The molecule has 0 saturated carbocycles. The lowest BCUT2D eigenvalue weighted by Crippen LogP contribution is -2.22. The van der Waals surface area contributed by atoms with Crippen molar-refractivity contribution in [3.63, 3.8) is 0 Å². The fourth-order valence-corrected chi connectivity index (χ4v) is 2.51. The summed E-state index contributed by atoms with van der Waals surface area (Å²) < 4.78 is 14.8. The monoisotopic (exact) mass is 391 g/mol. The summed E-state index contributed by atoms with van der Waals surface area (Å²) in [5.41, 5.74) is 1.17. The van der Waals surface area contributed by atoms with E-state index in [-0.39, 0.29) is 23.4 Å². The lowest BCUT2D eigenvalue weighted by molar-refractivity contribution is -0.118. The minimum absolute atomic E-state index is 0.0983. The van der Waals surface area contributed by atoms with E-state index in [1.165, 1.54) is 32.4 Å². The fourth-order valence-electron chi connectivity index (χ4n) is 2.28. The first-order chi connectivity index (χ1) is 12.8. The van der Waals surface area contributed by atoms with Crippen LogP contribution in [-0.2, 0) is 14.3 Å². The smallest absolute Gasteiger partial charge is 0.339 e. The zero-order valence-corrected chi connectivity index (χ0v) is 15.8. The third-order valence-electron chi connectivity index (χ3n) is 3.62. The number of rotatable bonds is 6. The molecule has 0 aliphatic carbocycles. The Balaban J connectivity index is 2.16. The predicted molar refractivity (Wildman–Crippen MR) is 99.4 cm³/mol. The molecular formula is C19H18ClNO6. The average Bonchev–Trinajstić information content (AvgIpc) is 2.66. The second-order valence-electron chi connectivity index (χ2n) is 5.49. The van der Waals surface area contributed by atoms with Crippen molar-refractivity contribution in [2.75, 3.05) is 26.1 Å². The highest BCUT2D eigenvalue weighted by Crippen LogP contribution is 2.22. The zero-order chi connectivity index (χ0) is 20.0. The number of amides is 1. The number of anilines is 1. The molecule has 0 saturated heterocycles. The first-order valence-electron chi connectivity index (χ1n) is 7.85. The predicted octanol–water partition coefficient (Wildman–Crippen LogP) is 3.24. The average molecular weight is 392 g/mol. The summed E-state index contributed by atoms with van der Waals surface area (Å²) >= 11 is 5.88. The zero-order valence-electron chi connectivity index (χ0n) is 15.0. The summed E-state index contributed by atoms with van der Waals surface area (Å²) in [6.07, 6.45) is 0. The van der Waals surface area contributed by atoms with Gasteiger partial charge in [-0.1, -0.05) is 11.6 Å². The molecule has 0 aliphatic rings. The first-order valence-corrected chi connectivity index (χ1v) is 8.23. The van der Waals surface area contributed by atoms with Crippen molar-refractivity contribution in [3.05, 3.63) is 58.1 Å². The van der Waals surface area contributed by atoms with Crippen LogP contribution in [0, 0.1) is 6.92 Å². The number of carbonyl (C=O) groups excluding carboxylic acids is 3. The van der Waals surface area contributed by atoms with E-state index < -0.39 is 17.8 Å². The van der Waals surface area contributed by atoms with Gasteiger partial charge in [-0.05, 0) is 48.9 Å². The highest BCUT2D eigenvalue weighted by atomic mass is 35.5. The number of benzene rings is 2. The molecule has 0 bridgehead atoms. The van der Waals surface area contributed by atoms with Crippen molar-refractivity contribution in [1.82, 2.24) is 0 Å². The molecule has 0 aromatic heterocycles. The SMILES string of the molecule is COC(=O)c1ccc(C(=O)OC)c(NC(=O)COc2ccc(Cl)cc2C)c1. The van der Waals surface area contributed by atoms with E-state index in [4.69, 9.17) is 21.1 Å². The molecule has 8 heteroatoms. The lowest BCUT2D eigenvalue weighted by Gasteiger charge is -2.13. The summed E-state index contributed by atoms with van der Waals surface area (Å²) in [7, 11) is 2.45. The number of ether oxygens (including phenoxy) is 3. The Bertz CT molecular complexity index is 880. The molecule has 0 heterocycles. The van der Waals surface area contributed by atoms with Crippen LogP contribution >= 0.6 is 11.6 Å². The van der Waals surface area contributed by atoms with Gasteiger partial charge in [-0.2, -0.15) is 0 Å². The molecule has 7 nitrogen and oxygen atoms in total. The van der Waals surface area contributed by atoms with Crippen LogP contribution in [0.3, 0.4) is 0 Å². The Labute approximate surface area is 161 Å². The van der Waals surface area contributed by atoms with E-state index in [0.717, 1.165) is 5.56 Å². The number of halogens is 1. The van der Waals surface area contributed by atoms with Gasteiger partial charge in [0.1, 0.15) is 5.75 Å². The minimum atomic E-state index is -0.656. The molecule has 0 atom stereocenters. The van der Waals surface area contributed by atoms with Crippen LogP contribution in [0.25, 0.3) is 0 Å². The Morgan fingerprint density at radius 3 is 2.33 bits per heavy atom. The van der Waals surface area contributed by atoms with E-state index in [9.17, 15) is 14.4 Å². The summed E-state index contributed by atoms with van der Waals surface area (Å²) in [4.78, 5) is 35.8. The van der Waals surface area contributed by atoms with Crippen LogP contribution in [0.2, 0.25) is 5.02 Å². The number of methoxy groups -OCH3 is 2. The Morgan fingerprint density at radius 1 is 1.00 bits per heavy atom. The molecule has 0 radical (unpaired) electrons. The largest absolute Gasteiger partial charge is 0.483 e. The van der Waals surface area contributed by atoms with Gasteiger partial charge in [0, 0.05) is 5.02 Å². The molecule has 27 heavy (non-hydrogen) atoms. The van der Waals surface area contributed by atoms with Gasteiger partial charge in [0.2, 0.25) is 0 Å². The van der Waals surface area contributed by atoms with Gasteiger partial charge in [-0.3, -0.25) is 4.79 Å². The molecule has 0 unspecified atom stereocenters. The molecule has 2 rings (SSSR count). The van der Waals surface area contributed by atoms with Crippen LogP contribution in [-0.4, -0.2) is 38.7 Å². The maximum absolute atomic E-state index is 12.2. The van der Waals surface area contributed by atoms with Crippen LogP contribution in [0.1, 0.15) is 26.3 Å². The number of hydrogen-bond acceptors (Lipinski definition) is 6. The molecule has 0 fully saturated rings. The van der Waals surface area contributed by atoms with Crippen LogP contribution in [0.5, 0.6) is 5.75 Å². The highest BCUT2D eigenvalue weighted by Gasteiger charge is 2.17. The van der Waals surface area contributed by atoms with E-state index in [1.54, 1.807) is 25.1 Å². The maximum Gasteiger partial charge on any atom is 0.339 e. The quantitative estimate of drug-likeness (QED) is 0.760. The number of carbonyl (C=O) groups is 3. The Morgan fingerprint density at radius 2 is 1.70 bits per heavy atom. The second kappa shape index (κ2) is 9.05. The molecule has 1 amide bonds. The van der Waals surface area contributed by atoms with Gasteiger partial charge >= 0.3 is 11.9 Å². The normalized spacial score (nSPS) is 10.1. The fraction of sp³-hybridized carbons (Fsp3) is 0.211. The number of hydrogen-bond donors (Lipinski definition) is 1. The Hall–Kier alpha value is -3.06. The van der Waals surface area contributed by atoms with Crippen molar-refractivity contribution in [1.29, 1.82) is 0 Å². The van der Waals surface area contributed by atoms with E-state index >= 15 is 0 Å². The van der Waals surface area contributed by atoms with Gasteiger partial charge in [0.25, 0.3) is 5.91 Å². The lowest BCUT2D eigenvalue weighted by atomic mass is 10.1. The van der Waals surface area contributed by atoms with Gasteiger partial charge < -0.3 is 19.5 Å². The summed E-state index contributed by atoms with van der Waals surface area (Å²) in [5.74, 6) is -1.27. The van der Waals surface area contributed by atoms with E-state index in [0.29, 0.717) is 10.8 Å². The third-order valence-corrected chi connectivity index (χ3v) is 3.85. The standard InChI is InChI=1S/C19H18ClNO6/c1-11-8-13(20)5-7-16(11)27-10-17(22)21-15-9-12(18(23)25-2)4-6-14(15)19(24)26-3/h4-9H,10H2,1-3H3,(H,21,22). The topological polar surface area (TPSA) is 90.9 Å². The van der Waals surface area contributed by atoms with Crippen molar-refractivity contribution in [2.45, 2.75) is 6.92 Å². The molecular weight excluding hydrogens is 374 g/mol. The minimum Gasteiger partial charge on any atom is -0.483 e. The van der Waals surface area contributed by atoms with E-state index in [2.05, 4.69) is 10.1 Å². The second-order valence-corrected chi connectivity index (χ2v) is 5.93. The summed E-state index contributed by atoms with van der Waals surface area (Å²) in [6.45, 7) is 1.50. The molecule has 142 valence electrons. The molecule has 2 aromatic rings. The van der Waals surface area contributed by atoms with Gasteiger partial charge in [-0.25, -0.2) is 9.59 Å². The van der Waals surface area contributed by atoms with E-state index in [1.807, 2.05) is 0 Å². The third kappa shape index (κ3) is 5.21. The summed E-state index contributed by atoms with van der Waals surface area (Å²) in [5, 5.41) is 3.11. The molecule has 0 aliphatic heterocycles. The van der Waals surface area contributed by atoms with Crippen LogP contribution in [0.15, 0.2) is 36.4 Å². The molecule has 1 N–H and O–H groups in total. The summed E-state index contributed by atoms with van der Waals surface area (Å²) in [6, 6.07) is 9.13.